The molecular formula is C37H39FN4O4. The predicted octanol–water partition coefficient (Wildman–Crippen LogP) is 6.81. The fourth-order valence-electron chi connectivity index (χ4n) is 5.65. The van der Waals surface area contributed by atoms with Crippen LogP contribution in [-0.4, -0.2) is 40.1 Å². The summed E-state index contributed by atoms with van der Waals surface area (Å²) in [6.45, 7) is 9.13. The van der Waals surface area contributed by atoms with Gasteiger partial charge < -0.3 is 10.2 Å². The minimum atomic E-state index is -0.501. The van der Waals surface area contributed by atoms with Gasteiger partial charge in [-0.2, -0.15) is 0 Å². The first kappa shape index (κ1) is 32.5. The van der Waals surface area contributed by atoms with Crippen molar-refractivity contribution in [2.45, 2.75) is 59.9 Å². The lowest BCUT2D eigenvalue weighted by molar-refractivity contribution is -0.119. The molecule has 4 aromatic rings. The van der Waals surface area contributed by atoms with Gasteiger partial charge >= 0.3 is 0 Å². The van der Waals surface area contributed by atoms with Crippen LogP contribution in [0.4, 0.5) is 15.9 Å². The van der Waals surface area contributed by atoms with Crippen molar-refractivity contribution in [3.8, 4) is 11.3 Å². The first-order chi connectivity index (χ1) is 22.1. The van der Waals surface area contributed by atoms with E-state index in [1.54, 1.807) is 38.2 Å². The van der Waals surface area contributed by atoms with Gasteiger partial charge in [0.25, 0.3) is 5.56 Å². The molecule has 1 amide bonds. The molecule has 9 heteroatoms. The predicted molar refractivity (Wildman–Crippen MR) is 178 cm³/mol. The number of hydrogen-bond donors (Lipinski definition) is 1. The van der Waals surface area contributed by atoms with Crippen molar-refractivity contribution in [2.75, 3.05) is 23.3 Å². The van der Waals surface area contributed by atoms with Crippen molar-refractivity contribution in [1.29, 1.82) is 0 Å². The molecule has 46 heavy (non-hydrogen) atoms. The third kappa shape index (κ3) is 6.98. The third-order valence-electron chi connectivity index (χ3n) is 8.67. The number of nitrogens with one attached hydrogen (secondary N) is 1. The Labute approximate surface area is 268 Å². The molecule has 0 spiro atoms. The average Bonchev–Trinajstić information content (AvgIpc) is 3.61. The van der Waals surface area contributed by atoms with Crippen LogP contribution in [0.3, 0.4) is 0 Å². The summed E-state index contributed by atoms with van der Waals surface area (Å²) in [5.41, 5.74) is 4.36. The molecule has 1 N–H and O–H groups in total. The van der Waals surface area contributed by atoms with E-state index in [-0.39, 0.29) is 35.8 Å². The Morgan fingerprint density at radius 2 is 1.63 bits per heavy atom. The summed E-state index contributed by atoms with van der Waals surface area (Å²) in [5, 5.41) is 2.70. The van der Waals surface area contributed by atoms with Crippen molar-refractivity contribution in [3.05, 3.63) is 111 Å². The molecule has 1 aliphatic heterocycles. The van der Waals surface area contributed by atoms with Crippen LogP contribution in [0, 0.1) is 18.7 Å². The monoisotopic (exact) mass is 622 g/mol. The molecule has 0 bridgehead atoms. The minimum absolute atomic E-state index is 0.0252. The second-order valence-electron chi connectivity index (χ2n) is 11.9. The summed E-state index contributed by atoms with van der Waals surface area (Å²) in [4.78, 5) is 59.8. The number of carbonyl (C=O) groups excluding carboxylic acids is 3. The van der Waals surface area contributed by atoms with Gasteiger partial charge in [-0.3, -0.25) is 23.7 Å². The number of amides is 1. The number of halogens is 1. The smallest absolute Gasteiger partial charge is 0.294 e. The lowest BCUT2D eigenvalue weighted by Crippen LogP contribution is -2.31. The highest BCUT2D eigenvalue weighted by atomic mass is 19.1. The number of benzene rings is 3. The highest BCUT2D eigenvalue weighted by molar-refractivity contribution is 6.09. The van der Waals surface area contributed by atoms with Crippen LogP contribution in [-0.2, 0) is 11.3 Å². The number of carbonyl (C=O) groups is 3. The highest BCUT2D eigenvalue weighted by Crippen LogP contribution is 2.28. The molecule has 0 unspecified atom stereocenters. The number of rotatable bonds is 11. The van der Waals surface area contributed by atoms with E-state index in [0.29, 0.717) is 46.4 Å². The number of anilines is 2. The zero-order valence-corrected chi connectivity index (χ0v) is 26.7. The van der Waals surface area contributed by atoms with Gasteiger partial charge in [0.05, 0.1) is 18.4 Å². The highest BCUT2D eigenvalue weighted by Gasteiger charge is 2.21. The SMILES string of the molecule is CCC(=O)c1ccc(C)c(-c2cnc(NC(=O)[C@H](C)CC)c(=O)n2Cc2cc(C(=O)c3ccc(F)cc3)cc(N3CCCC3)c2)c1. The topological polar surface area (TPSA) is 101 Å². The molecule has 0 saturated carbocycles. The van der Waals surface area contributed by atoms with E-state index < -0.39 is 11.4 Å². The van der Waals surface area contributed by atoms with Crippen molar-refractivity contribution in [3.63, 3.8) is 0 Å². The van der Waals surface area contributed by atoms with Gasteiger partial charge in [0, 0.05) is 53.4 Å². The van der Waals surface area contributed by atoms with Gasteiger partial charge in [-0.05, 0) is 85.8 Å². The van der Waals surface area contributed by atoms with E-state index in [1.165, 1.54) is 28.8 Å². The first-order valence-corrected chi connectivity index (χ1v) is 15.8. The number of hydrogen-bond acceptors (Lipinski definition) is 6. The number of aromatic nitrogens is 2. The van der Waals surface area contributed by atoms with Gasteiger partial charge in [-0.25, -0.2) is 9.37 Å². The second-order valence-corrected chi connectivity index (χ2v) is 11.9. The zero-order valence-electron chi connectivity index (χ0n) is 26.7. The summed E-state index contributed by atoms with van der Waals surface area (Å²) in [6.07, 6.45) is 4.55. The maximum absolute atomic E-state index is 14.1. The summed E-state index contributed by atoms with van der Waals surface area (Å²) in [6, 6.07) is 16.4. The summed E-state index contributed by atoms with van der Waals surface area (Å²) < 4.78 is 15.2. The van der Waals surface area contributed by atoms with E-state index >= 15 is 0 Å². The summed E-state index contributed by atoms with van der Waals surface area (Å²) in [7, 11) is 0. The van der Waals surface area contributed by atoms with E-state index in [0.717, 1.165) is 37.2 Å². The molecule has 2 heterocycles. The lowest BCUT2D eigenvalue weighted by atomic mass is 9.98. The molecular weight excluding hydrogens is 583 g/mol. The quantitative estimate of drug-likeness (QED) is 0.184. The van der Waals surface area contributed by atoms with Crippen LogP contribution >= 0.6 is 0 Å². The Hall–Kier alpha value is -4.92. The van der Waals surface area contributed by atoms with E-state index in [4.69, 9.17) is 0 Å². The first-order valence-electron chi connectivity index (χ1n) is 15.8. The van der Waals surface area contributed by atoms with E-state index in [1.807, 2.05) is 32.0 Å². The van der Waals surface area contributed by atoms with Gasteiger partial charge in [-0.15, -0.1) is 0 Å². The molecule has 0 radical (unpaired) electrons. The lowest BCUT2D eigenvalue weighted by Gasteiger charge is -2.21. The molecule has 3 aromatic carbocycles. The minimum Gasteiger partial charge on any atom is -0.372 e. The average molecular weight is 623 g/mol. The maximum atomic E-state index is 14.1. The molecule has 1 atom stereocenters. The fraction of sp³-hybridized carbons (Fsp3) is 0.324. The normalized spacial score (nSPS) is 13.5. The van der Waals surface area contributed by atoms with Crippen molar-refractivity contribution in [2.24, 2.45) is 5.92 Å². The number of nitrogens with zero attached hydrogens (tertiary/aromatic N) is 3. The fourth-order valence-corrected chi connectivity index (χ4v) is 5.65. The molecule has 1 aliphatic rings. The van der Waals surface area contributed by atoms with Crippen LogP contribution in [0.25, 0.3) is 11.3 Å². The number of Topliss-reactive ketones (excluding diaryl/α,β-unsaturated/α-hetero) is 1. The third-order valence-corrected chi connectivity index (χ3v) is 8.67. The van der Waals surface area contributed by atoms with Crippen LogP contribution in [0.2, 0.25) is 0 Å². The van der Waals surface area contributed by atoms with E-state index in [9.17, 15) is 23.6 Å². The van der Waals surface area contributed by atoms with Crippen LogP contribution in [0.15, 0.2) is 71.7 Å². The Morgan fingerprint density at radius 3 is 2.30 bits per heavy atom. The Bertz CT molecular complexity index is 1840. The Morgan fingerprint density at radius 1 is 0.935 bits per heavy atom. The molecule has 238 valence electrons. The van der Waals surface area contributed by atoms with Gasteiger partial charge in [0.1, 0.15) is 5.82 Å². The van der Waals surface area contributed by atoms with Crippen molar-refractivity contribution in [1.82, 2.24) is 9.55 Å². The van der Waals surface area contributed by atoms with Crippen LogP contribution in [0.5, 0.6) is 0 Å². The van der Waals surface area contributed by atoms with E-state index in [2.05, 4.69) is 15.2 Å². The molecule has 1 saturated heterocycles. The van der Waals surface area contributed by atoms with Crippen LogP contribution in [0.1, 0.15) is 83.9 Å². The number of ketones is 2. The Kier molecular flexibility index (Phi) is 9.90. The largest absolute Gasteiger partial charge is 0.372 e. The summed E-state index contributed by atoms with van der Waals surface area (Å²) in [5.74, 6) is -1.42. The molecule has 1 fully saturated rings. The Balaban J connectivity index is 1.66. The van der Waals surface area contributed by atoms with Crippen molar-refractivity contribution < 1.29 is 18.8 Å². The van der Waals surface area contributed by atoms with Crippen molar-refractivity contribution >= 4 is 29.0 Å². The maximum Gasteiger partial charge on any atom is 0.294 e. The van der Waals surface area contributed by atoms with Gasteiger partial charge in [-0.1, -0.05) is 32.9 Å². The number of aryl methyl sites for hydroxylation is 1. The molecule has 5 rings (SSSR count). The summed E-state index contributed by atoms with van der Waals surface area (Å²) >= 11 is 0. The zero-order chi connectivity index (χ0) is 33.0. The van der Waals surface area contributed by atoms with Crippen LogP contribution < -0.4 is 15.8 Å². The molecule has 0 aliphatic carbocycles. The second kappa shape index (κ2) is 14.0. The molecule has 1 aromatic heterocycles. The van der Waals surface area contributed by atoms with Gasteiger partial charge in [0.2, 0.25) is 5.91 Å². The van der Waals surface area contributed by atoms with Gasteiger partial charge in [0.15, 0.2) is 17.4 Å². The molecule has 8 nitrogen and oxygen atoms in total. The standard InChI is InChI=1S/C37H39FN4O4/c1-5-23(3)36(45)40-35-37(46)42(32(21-39-35)31-20-27(33(43)6-2)10-9-24(31)4)22-25-17-28(19-30(18-25)41-15-7-8-16-41)34(44)26-11-13-29(38)14-12-26/h9-14,17-21,23H,5-8,15-16,22H2,1-4H3,(H,39,40,45)/t23-/m1/s1.